The maximum Gasteiger partial charge on any atom is 0.0711 e. The third-order valence-electron chi connectivity index (χ3n) is 2.06. The van der Waals surface area contributed by atoms with E-state index in [1.165, 1.54) is 0 Å². The number of hydrogen-bond donors (Lipinski definition) is 3. The van der Waals surface area contributed by atoms with Crippen molar-refractivity contribution >= 4 is 10.9 Å². The highest BCUT2D eigenvalue weighted by Gasteiger charge is 2.09. The Morgan fingerprint density at radius 3 is 3.15 bits per heavy atom. The first-order chi connectivity index (χ1) is 6.33. The summed E-state index contributed by atoms with van der Waals surface area (Å²) in [6, 6.07) is 3.38. The van der Waals surface area contributed by atoms with E-state index in [-0.39, 0.29) is 6.61 Å². The number of nitrogens with zero attached hydrogens (tertiary/aromatic N) is 1. The number of hydrogen-bond acceptors (Lipinski definition) is 3. The Bertz CT molecular complexity index is 410. The highest BCUT2D eigenvalue weighted by Crippen LogP contribution is 2.19. The summed E-state index contributed by atoms with van der Waals surface area (Å²) in [6.45, 7) is -0.0860. The Hall–Kier alpha value is -1.39. The summed E-state index contributed by atoms with van der Waals surface area (Å²) in [7, 11) is 0. The maximum atomic E-state index is 8.91. The zero-order chi connectivity index (χ0) is 9.26. The van der Waals surface area contributed by atoms with Gasteiger partial charge in [-0.2, -0.15) is 0 Å². The predicted octanol–water partition coefficient (Wildman–Crippen LogP) is 0.555. The topological polar surface area (TPSA) is 74.9 Å². The normalized spacial score (nSPS) is 13.4. The molecule has 2 aromatic heterocycles. The van der Waals surface area contributed by atoms with Crippen LogP contribution in [0, 0.1) is 0 Å². The van der Waals surface area contributed by atoms with Gasteiger partial charge in [-0.25, -0.2) is 0 Å². The summed E-state index contributed by atoms with van der Waals surface area (Å²) >= 11 is 0. The molecule has 0 saturated heterocycles. The molecule has 68 valence electrons. The largest absolute Gasteiger partial charge is 0.394 e. The van der Waals surface area contributed by atoms with Gasteiger partial charge in [-0.3, -0.25) is 4.98 Å². The van der Waals surface area contributed by atoms with Crippen LogP contribution in [0.3, 0.4) is 0 Å². The molecule has 13 heavy (non-hydrogen) atoms. The highest BCUT2D eigenvalue weighted by atomic mass is 16.3. The number of fused-ring (bicyclic) bond motifs is 1. The Morgan fingerprint density at radius 2 is 2.38 bits per heavy atom. The van der Waals surface area contributed by atoms with E-state index in [0.29, 0.717) is 0 Å². The van der Waals surface area contributed by atoms with Gasteiger partial charge in [-0.05, 0) is 12.1 Å². The van der Waals surface area contributed by atoms with Gasteiger partial charge in [-0.1, -0.05) is 0 Å². The van der Waals surface area contributed by atoms with E-state index < -0.39 is 6.04 Å². The summed E-state index contributed by atoms with van der Waals surface area (Å²) < 4.78 is 0. The third kappa shape index (κ3) is 1.30. The molecule has 1 atom stereocenters. The van der Waals surface area contributed by atoms with Crippen LogP contribution in [0.25, 0.3) is 10.9 Å². The summed E-state index contributed by atoms with van der Waals surface area (Å²) in [5, 5.41) is 9.89. The van der Waals surface area contributed by atoms with Gasteiger partial charge in [0.1, 0.15) is 0 Å². The van der Waals surface area contributed by atoms with Crippen LogP contribution in [0.4, 0.5) is 0 Å². The van der Waals surface area contributed by atoms with Crippen molar-refractivity contribution in [3.8, 4) is 0 Å². The Kier molecular flexibility index (Phi) is 2.00. The Balaban J connectivity index is 2.60. The fourth-order valence-corrected chi connectivity index (χ4v) is 1.39. The van der Waals surface area contributed by atoms with E-state index in [0.717, 1.165) is 16.6 Å². The first-order valence-corrected chi connectivity index (χ1v) is 4.11. The predicted molar refractivity (Wildman–Crippen MR) is 50.1 cm³/mol. The van der Waals surface area contributed by atoms with Crippen LogP contribution in [0.15, 0.2) is 24.5 Å². The van der Waals surface area contributed by atoms with Crippen LogP contribution in [-0.4, -0.2) is 21.7 Å². The van der Waals surface area contributed by atoms with E-state index >= 15 is 0 Å². The quantitative estimate of drug-likeness (QED) is 0.627. The molecule has 0 amide bonds. The number of rotatable bonds is 2. The fourth-order valence-electron chi connectivity index (χ4n) is 1.39. The van der Waals surface area contributed by atoms with Crippen LogP contribution in [0.1, 0.15) is 11.7 Å². The van der Waals surface area contributed by atoms with Crippen molar-refractivity contribution in [2.45, 2.75) is 6.04 Å². The zero-order valence-corrected chi connectivity index (χ0v) is 7.07. The van der Waals surface area contributed by atoms with Gasteiger partial charge in [0.15, 0.2) is 0 Å². The van der Waals surface area contributed by atoms with E-state index in [2.05, 4.69) is 9.97 Å². The van der Waals surface area contributed by atoms with Gasteiger partial charge in [-0.15, -0.1) is 0 Å². The molecule has 0 bridgehead atoms. The molecule has 0 spiro atoms. The molecule has 2 heterocycles. The first kappa shape index (κ1) is 8.22. The molecule has 0 aliphatic carbocycles. The molecule has 0 fully saturated rings. The Morgan fingerprint density at radius 1 is 1.54 bits per heavy atom. The molecule has 4 heteroatoms. The SMILES string of the molecule is NC(CO)c1nccc2[nH]ccc12. The molecule has 2 rings (SSSR count). The second-order valence-electron chi connectivity index (χ2n) is 2.92. The van der Waals surface area contributed by atoms with Crippen molar-refractivity contribution in [3.05, 3.63) is 30.2 Å². The zero-order valence-electron chi connectivity index (χ0n) is 7.07. The van der Waals surface area contributed by atoms with Gasteiger partial charge in [0.05, 0.1) is 18.3 Å². The standard InChI is InChI=1S/C9H11N3O/c10-7(5-13)9-6-1-3-11-8(6)2-4-12-9/h1-4,7,11,13H,5,10H2. The van der Waals surface area contributed by atoms with Crippen molar-refractivity contribution in [1.82, 2.24) is 9.97 Å². The average molecular weight is 177 g/mol. The fraction of sp³-hybridized carbons (Fsp3) is 0.222. The summed E-state index contributed by atoms with van der Waals surface area (Å²) in [5.41, 5.74) is 7.42. The van der Waals surface area contributed by atoms with Gasteiger partial charge < -0.3 is 15.8 Å². The molecule has 2 aromatic rings. The number of H-pyrrole nitrogens is 1. The number of pyridine rings is 1. The van der Waals surface area contributed by atoms with E-state index in [1.54, 1.807) is 6.20 Å². The lowest BCUT2D eigenvalue weighted by atomic mass is 10.1. The van der Waals surface area contributed by atoms with E-state index in [9.17, 15) is 0 Å². The number of aromatic amines is 1. The van der Waals surface area contributed by atoms with Gasteiger partial charge in [0.2, 0.25) is 0 Å². The minimum atomic E-state index is -0.403. The minimum Gasteiger partial charge on any atom is -0.394 e. The van der Waals surface area contributed by atoms with Gasteiger partial charge >= 0.3 is 0 Å². The first-order valence-electron chi connectivity index (χ1n) is 4.11. The smallest absolute Gasteiger partial charge is 0.0711 e. The lowest BCUT2D eigenvalue weighted by Crippen LogP contribution is -2.16. The minimum absolute atomic E-state index is 0.0860. The van der Waals surface area contributed by atoms with Crippen LogP contribution >= 0.6 is 0 Å². The molecule has 1 unspecified atom stereocenters. The summed E-state index contributed by atoms with van der Waals surface area (Å²) in [5.74, 6) is 0. The molecule has 0 radical (unpaired) electrons. The van der Waals surface area contributed by atoms with Crippen molar-refractivity contribution in [2.75, 3.05) is 6.61 Å². The molecule has 0 aliphatic heterocycles. The van der Waals surface area contributed by atoms with Gasteiger partial charge in [0.25, 0.3) is 0 Å². The van der Waals surface area contributed by atoms with E-state index in [1.807, 2.05) is 18.3 Å². The number of aliphatic hydroxyl groups excluding tert-OH is 1. The van der Waals surface area contributed by atoms with Crippen molar-refractivity contribution in [2.24, 2.45) is 5.73 Å². The molecule has 4 nitrogen and oxygen atoms in total. The van der Waals surface area contributed by atoms with Gasteiger partial charge in [0, 0.05) is 23.3 Å². The number of aliphatic hydroxyl groups is 1. The number of nitrogens with two attached hydrogens (primary N) is 1. The molecular formula is C9H11N3O. The number of nitrogens with one attached hydrogen (secondary N) is 1. The third-order valence-corrected chi connectivity index (χ3v) is 2.06. The number of aromatic nitrogens is 2. The molecule has 4 N–H and O–H groups in total. The molecule has 0 aliphatic rings. The second kappa shape index (κ2) is 3.16. The monoisotopic (exact) mass is 177 g/mol. The van der Waals surface area contributed by atoms with Crippen molar-refractivity contribution in [3.63, 3.8) is 0 Å². The lowest BCUT2D eigenvalue weighted by molar-refractivity contribution is 0.266. The van der Waals surface area contributed by atoms with Crippen LogP contribution in [0.2, 0.25) is 0 Å². The second-order valence-corrected chi connectivity index (χ2v) is 2.92. The van der Waals surface area contributed by atoms with Crippen LogP contribution < -0.4 is 5.73 Å². The molecular weight excluding hydrogens is 166 g/mol. The summed E-state index contributed by atoms with van der Waals surface area (Å²) in [6.07, 6.45) is 3.52. The molecule has 0 saturated carbocycles. The van der Waals surface area contributed by atoms with E-state index in [4.69, 9.17) is 10.8 Å². The van der Waals surface area contributed by atoms with Crippen LogP contribution in [-0.2, 0) is 0 Å². The van der Waals surface area contributed by atoms with Crippen molar-refractivity contribution in [1.29, 1.82) is 0 Å². The van der Waals surface area contributed by atoms with Crippen molar-refractivity contribution < 1.29 is 5.11 Å². The summed E-state index contributed by atoms with van der Waals surface area (Å²) in [4.78, 5) is 7.21. The lowest BCUT2D eigenvalue weighted by Gasteiger charge is -2.07. The van der Waals surface area contributed by atoms with Crippen LogP contribution in [0.5, 0.6) is 0 Å². The molecule has 0 aromatic carbocycles. The highest BCUT2D eigenvalue weighted by molar-refractivity contribution is 5.81. The Labute approximate surface area is 75.4 Å². The average Bonchev–Trinajstić information content (AvgIpc) is 2.63. The maximum absolute atomic E-state index is 8.91.